The number of hydrogen-bond acceptors (Lipinski definition) is 6. The second kappa shape index (κ2) is 5.60. The number of rotatable bonds is 4. The predicted molar refractivity (Wildman–Crippen MR) is 67.6 cm³/mol. The van der Waals surface area contributed by atoms with E-state index in [0.717, 1.165) is 22.2 Å². The van der Waals surface area contributed by atoms with Crippen molar-refractivity contribution in [3.05, 3.63) is 36.4 Å². The summed E-state index contributed by atoms with van der Waals surface area (Å²) in [6, 6.07) is 5.70. The molecule has 0 atom stereocenters. The summed E-state index contributed by atoms with van der Waals surface area (Å²) in [6.45, 7) is 2.01. The first-order valence-corrected chi connectivity index (χ1v) is 6.06. The van der Waals surface area contributed by atoms with Gasteiger partial charge in [0.25, 0.3) is 0 Å². The third-order valence-electron chi connectivity index (χ3n) is 2.09. The van der Waals surface area contributed by atoms with E-state index in [4.69, 9.17) is 5.84 Å². The smallest absolute Gasteiger partial charge is 0.144 e. The number of nitrogens with zero attached hydrogens (tertiary/aromatic N) is 3. The lowest BCUT2D eigenvalue weighted by atomic mass is 10.4. The van der Waals surface area contributed by atoms with E-state index in [1.165, 1.54) is 0 Å². The molecular weight excluding hydrogens is 234 g/mol. The molecule has 0 saturated carbocycles. The molecule has 2 rings (SSSR count). The van der Waals surface area contributed by atoms with Gasteiger partial charge in [-0.15, -0.1) is 0 Å². The fourth-order valence-corrected chi connectivity index (χ4v) is 2.10. The lowest BCUT2D eigenvalue weighted by Gasteiger charge is -2.05. The summed E-state index contributed by atoms with van der Waals surface area (Å²) < 4.78 is 0. The molecule has 0 fully saturated rings. The van der Waals surface area contributed by atoms with Crippen LogP contribution >= 0.6 is 11.8 Å². The molecule has 0 bridgehead atoms. The molecule has 2 aromatic rings. The number of nitrogen functional groups attached to an aromatic ring is 1. The Morgan fingerprint density at radius 1 is 1.29 bits per heavy atom. The Morgan fingerprint density at radius 2 is 2.06 bits per heavy atom. The van der Waals surface area contributed by atoms with Crippen LogP contribution < -0.4 is 11.3 Å². The topological polar surface area (TPSA) is 76.7 Å². The fraction of sp³-hybridized carbons (Fsp3) is 0.182. The highest BCUT2D eigenvalue weighted by atomic mass is 32.2. The molecule has 0 aromatic carbocycles. The van der Waals surface area contributed by atoms with E-state index in [-0.39, 0.29) is 0 Å². The molecule has 17 heavy (non-hydrogen) atoms. The fourth-order valence-electron chi connectivity index (χ4n) is 1.28. The van der Waals surface area contributed by atoms with Gasteiger partial charge in [-0.2, -0.15) is 0 Å². The molecule has 0 unspecified atom stereocenters. The van der Waals surface area contributed by atoms with Crippen molar-refractivity contribution in [2.45, 2.75) is 23.3 Å². The van der Waals surface area contributed by atoms with Crippen molar-refractivity contribution in [2.75, 3.05) is 5.43 Å². The number of hydrogen-bond donors (Lipinski definition) is 2. The van der Waals surface area contributed by atoms with E-state index in [2.05, 4.69) is 20.4 Å². The van der Waals surface area contributed by atoms with Gasteiger partial charge < -0.3 is 5.43 Å². The van der Waals surface area contributed by atoms with Gasteiger partial charge in [0.2, 0.25) is 0 Å². The first kappa shape index (κ1) is 11.8. The van der Waals surface area contributed by atoms with Gasteiger partial charge >= 0.3 is 0 Å². The Hall–Kier alpha value is -1.66. The maximum atomic E-state index is 5.38. The van der Waals surface area contributed by atoms with Crippen LogP contribution in [0, 0.1) is 0 Å². The Morgan fingerprint density at radius 3 is 2.71 bits per heavy atom. The van der Waals surface area contributed by atoms with Crippen LogP contribution in [0.1, 0.15) is 12.7 Å². The van der Waals surface area contributed by atoms with Gasteiger partial charge in [-0.25, -0.2) is 15.8 Å². The Balaban J connectivity index is 2.26. The quantitative estimate of drug-likeness (QED) is 0.488. The summed E-state index contributed by atoms with van der Waals surface area (Å²) >= 11 is 1.56. The third-order valence-corrected chi connectivity index (χ3v) is 3.01. The summed E-state index contributed by atoms with van der Waals surface area (Å²) in [5.41, 5.74) is 2.55. The summed E-state index contributed by atoms with van der Waals surface area (Å²) in [5.74, 6) is 6.78. The Labute approximate surface area is 104 Å². The highest BCUT2D eigenvalue weighted by Gasteiger charge is 2.04. The van der Waals surface area contributed by atoms with E-state index in [9.17, 15) is 0 Å². The molecule has 0 radical (unpaired) electrons. The Bertz CT molecular complexity index is 466. The van der Waals surface area contributed by atoms with Gasteiger partial charge in [0.05, 0.1) is 0 Å². The van der Waals surface area contributed by atoms with Gasteiger partial charge in [0.1, 0.15) is 16.7 Å². The zero-order valence-corrected chi connectivity index (χ0v) is 10.2. The SMILES string of the molecule is CCc1nc(NN)cc(Sc2ccncc2)n1. The van der Waals surface area contributed by atoms with Gasteiger partial charge in [0, 0.05) is 29.8 Å². The molecule has 0 saturated heterocycles. The molecule has 2 aromatic heterocycles. The highest BCUT2D eigenvalue weighted by Crippen LogP contribution is 2.26. The van der Waals surface area contributed by atoms with Crippen molar-refractivity contribution >= 4 is 17.6 Å². The number of nitrogens with one attached hydrogen (secondary N) is 1. The van der Waals surface area contributed by atoms with Crippen LogP contribution in [-0.2, 0) is 6.42 Å². The number of nitrogens with two attached hydrogens (primary N) is 1. The number of aryl methyl sites for hydroxylation is 1. The molecule has 2 heterocycles. The molecule has 0 aliphatic carbocycles. The number of aromatic nitrogens is 3. The number of anilines is 1. The largest absolute Gasteiger partial charge is 0.308 e. The first-order valence-electron chi connectivity index (χ1n) is 5.24. The third kappa shape index (κ3) is 3.15. The lowest BCUT2D eigenvalue weighted by molar-refractivity contribution is 0.888. The minimum absolute atomic E-state index is 0.633. The minimum atomic E-state index is 0.633. The predicted octanol–water partition coefficient (Wildman–Crippen LogP) is 1.87. The molecule has 5 nitrogen and oxygen atoms in total. The van der Waals surface area contributed by atoms with Gasteiger partial charge in [-0.1, -0.05) is 18.7 Å². The second-order valence-electron chi connectivity index (χ2n) is 3.29. The summed E-state index contributed by atoms with van der Waals surface area (Å²) in [5, 5.41) is 0.871. The number of pyridine rings is 1. The van der Waals surface area contributed by atoms with Crippen LogP contribution in [0.3, 0.4) is 0 Å². The maximum Gasteiger partial charge on any atom is 0.144 e. The molecule has 0 aliphatic rings. The van der Waals surface area contributed by atoms with Crippen LogP contribution in [0.4, 0.5) is 5.82 Å². The molecule has 88 valence electrons. The molecular formula is C11H13N5S. The minimum Gasteiger partial charge on any atom is -0.308 e. The van der Waals surface area contributed by atoms with E-state index in [0.29, 0.717) is 5.82 Å². The van der Waals surface area contributed by atoms with Crippen molar-refractivity contribution in [3.63, 3.8) is 0 Å². The summed E-state index contributed by atoms with van der Waals surface area (Å²) in [7, 11) is 0. The van der Waals surface area contributed by atoms with E-state index < -0.39 is 0 Å². The van der Waals surface area contributed by atoms with Gasteiger partial charge in [-0.05, 0) is 12.1 Å². The van der Waals surface area contributed by atoms with Crippen LogP contribution in [-0.4, -0.2) is 15.0 Å². The average Bonchev–Trinajstić information content (AvgIpc) is 2.39. The van der Waals surface area contributed by atoms with Gasteiger partial charge in [0.15, 0.2) is 0 Å². The average molecular weight is 247 g/mol. The van der Waals surface area contributed by atoms with Crippen molar-refractivity contribution < 1.29 is 0 Å². The van der Waals surface area contributed by atoms with Crippen LogP contribution in [0.2, 0.25) is 0 Å². The summed E-state index contributed by atoms with van der Waals surface area (Å²) in [4.78, 5) is 13.7. The van der Waals surface area contributed by atoms with Crippen molar-refractivity contribution in [1.82, 2.24) is 15.0 Å². The van der Waals surface area contributed by atoms with Crippen molar-refractivity contribution in [2.24, 2.45) is 5.84 Å². The standard InChI is InChI=1S/C11H13N5S/c1-2-9-14-10(16-12)7-11(15-9)17-8-3-5-13-6-4-8/h3-7H,2,12H2,1H3,(H,14,15,16). The molecule has 0 aliphatic heterocycles. The van der Waals surface area contributed by atoms with Crippen LogP contribution in [0.25, 0.3) is 0 Å². The molecule has 0 spiro atoms. The Kier molecular flexibility index (Phi) is 3.89. The second-order valence-corrected chi connectivity index (χ2v) is 4.38. The first-order chi connectivity index (χ1) is 8.31. The molecule has 0 amide bonds. The van der Waals surface area contributed by atoms with Crippen molar-refractivity contribution in [1.29, 1.82) is 0 Å². The lowest BCUT2D eigenvalue weighted by Crippen LogP contribution is -2.10. The van der Waals surface area contributed by atoms with E-state index in [1.54, 1.807) is 24.2 Å². The molecule has 6 heteroatoms. The van der Waals surface area contributed by atoms with Crippen molar-refractivity contribution in [3.8, 4) is 0 Å². The maximum absolute atomic E-state index is 5.38. The van der Waals surface area contributed by atoms with E-state index in [1.807, 2.05) is 25.1 Å². The zero-order valence-electron chi connectivity index (χ0n) is 9.42. The molecule has 3 N–H and O–H groups in total. The highest BCUT2D eigenvalue weighted by molar-refractivity contribution is 7.99. The van der Waals surface area contributed by atoms with Crippen LogP contribution in [0.5, 0.6) is 0 Å². The van der Waals surface area contributed by atoms with E-state index >= 15 is 0 Å². The summed E-state index contributed by atoms with van der Waals surface area (Å²) in [6.07, 6.45) is 4.29. The zero-order chi connectivity index (χ0) is 12.1. The normalized spacial score (nSPS) is 10.2. The number of hydrazine groups is 1. The van der Waals surface area contributed by atoms with Crippen LogP contribution in [0.15, 0.2) is 40.5 Å². The van der Waals surface area contributed by atoms with Gasteiger partial charge in [-0.3, -0.25) is 4.98 Å². The monoisotopic (exact) mass is 247 g/mol.